The van der Waals surface area contributed by atoms with Gasteiger partial charge in [0, 0.05) is 37.9 Å². The molecular weight excluding hydrogens is 655 g/mol. The minimum atomic E-state index is -0.169. The molecule has 0 amide bonds. The SMILES string of the molecule is CC1(C)c2ccccc2-c2c1c1ccccc1c1c2c2ccccc2c2c3ccccc3n(-c3nc(-c4ccccc4)c4c(ccc5ccccc54)n3)c21. The van der Waals surface area contributed by atoms with Gasteiger partial charge in [-0.1, -0.05) is 166 Å². The van der Waals surface area contributed by atoms with E-state index in [-0.39, 0.29) is 5.41 Å². The highest BCUT2D eigenvalue weighted by Crippen LogP contribution is 2.57. The van der Waals surface area contributed by atoms with Crippen LogP contribution in [0.15, 0.2) is 164 Å². The van der Waals surface area contributed by atoms with Crippen LogP contribution in [0, 0.1) is 0 Å². The molecule has 1 aliphatic carbocycles. The fourth-order valence-corrected chi connectivity index (χ4v) is 9.92. The highest BCUT2D eigenvalue weighted by molar-refractivity contribution is 6.39. The third-order valence-electron chi connectivity index (χ3n) is 12.1. The van der Waals surface area contributed by atoms with Crippen LogP contribution in [0.2, 0.25) is 0 Å². The second-order valence-corrected chi connectivity index (χ2v) is 15.3. The van der Waals surface area contributed by atoms with Crippen LogP contribution >= 0.6 is 0 Å². The van der Waals surface area contributed by atoms with E-state index in [9.17, 15) is 0 Å². The molecule has 0 saturated carbocycles. The molecule has 252 valence electrons. The zero-order valence-electron chi connectivity index (χ0n) is 29.9. The van der Waals surface area contributed by atoms with Crippen LogP contribution in [0.25, 0.3) is 104 Å². The molecule has 54 heavy (non-hydrogen) atoms. The smallest absolute Gasteiger partial charge is 0.235 e. The van der Waals surface area contributed by atoms with Crippen molar-refractivity contribution in [2.45, 2.75) is 19.3 Å². The standard InChI is InChI=1S/C51H33N3/c1-51(2)39-26-14-12-24-37(39)45-44-34-21-9-8-20-33(34)42-38-25-13-15-27-41(38)54(49(42)46(44)35-22-10-11-23-36(35)47(45)51)50-52-40-29-28-30-16-6-7-19-32(30)43(40)48(53-50)31-17-4-3-5-18-31/h3-29H,1-2H3. The van der Waals surface area contributed by atoms with E-state index in [2.05, 4.69) is 182 Å². The number of hydrogen-bond donors (Lipinski definition) is 0. The highest BCUT2D eigenvalue weighted by Gasteiger charge is 2.39. The van der Waals surface area contributed by atoms with Crippen molar-refractivity contribution in [3.05, 3.63) is 175 Å². The van der Waals surface area contributed by atoms with E-state index in [4.69, 9.17) is 9.97 Å². The van der Waals surface area contributed by atoms with Crippen molar-refractivity contribution in [2.75, 3.05) is 0 Å². The predicted molar refractivity (Wildman–Crippen MR) is 227 cm³/mol. The van der Waals surface area contributed by atoms with Crippen molar-refractivity contribution in [3.63, 3.8) is 0 Å². The van der Waals surface area contributed by atoms with Crippen LogP contribution in [0.1, 0.15) is 25.0 Å². The fourth-order valence-electron chi connectivity index (χ4n) is 9.92. The number of aromatic nitrogens is 3. The molecule has 3 nitrogen and oxygen atoms in total. The van der Waals surface area contributed by atoms with Crippen molar-refractivity contribution in [2.24, 2.45) is 0 Å². The molecule has 2 heterocycles. The summed E-state index contributed by atoms with van der Waals surface area (Å²) in [6.07, 6.45) is 0. The van der Waals surface area contributed by atoms with Crippen molar-refractivity contribution < 1.29 is 0 Å². The first-order chi connectivity index (χ1) is 26.6. The van der Waals surface area contributed by atoms with Crippen LogP contribution in [0.5, 0.6) is 0 Å². The first-order valence-electron chi connectivity index (χ1n) is 18.8. The largest absolute Gasteiger partial charge is 0.277 e. The van der Waals surface area contributed by atoms with Crippen LogP contribution in [0.4, 0.5) is 0 Å². The van der Waals surface area contributed by atoms with E-state index < -0.39 is 0 Å². The minimum Gasteiger partial charge on any atom is -0.277 e. The number of benzene rings is 9. The van der Waals surface area contributed by atoms with Gasteiger partial charge in [0.1, 0.15) is 0 Å². The Labute approximate surface area is 311 Å². The fraction of sp³-hybridized carbons (Fsp3) is 0.0588. The Balaban J connectivity index is 1.36. The monoisotopic (exact) mass is 687 g/mol. The molecule has 0 bridgehead atoms. The van der Waals surface area contributed by atoms with E-state index in [1.165, 1.54) is 70.7 Å². The van der Waals surface area contributed by atoms with Crippen LogP contribution in [-0.4, -0.2) is 14.5 Å². The summed E-state index contributed by atoms with van der Waals surface area (Å²) in [4.78, 5) is 11.1. The van der Waals surface area contributed by atoms with Gasteiger partial charge in [-0.3, -0.25) is 4.57 Å². The molecule has 0 fully saturated rings. The van der Waals surface area contributed by atoms with E-state index in [0.717, 1.165) is 38.6 Å². The minimum absolute atomic E-state index is 0.169. The average Bonchev–Trinajstić information content (AvgIpc) is 3.70. The number of fused-ring (bicyclic) bond motifs is 18. The Morgan fingerprint density at radius 1 is 0.463 bits per heavy atom. The predicted octanol–water partition coefficient (Wildman–Crippen LogP) is 13.3. The molecule has 0 spiro atoms. The second kappa shape index (κ2) is 10.6. The third-order valence-corrected chi connectivity index (χ3v) is 12.1. The maximum Gasteiger partial charge on any atom is 0.235 e. The molecular formula is C51H33N3. The molecule has 9 aromatic carbocycles. The summed E-state index contributed by atoms with van der Waals surface area (Å²) in [5, 5.41) is 13.4. The van der Waals surface area contributed by atoms with Gasteiger partial charge in [-0.05, 0) is 66.7 Å². The molecule has 0 radical (unpaired) electrons. The first kappa shape index (κ1) is 29.7. The van der Waals surface area contributed by atoms with E-state index in [1.807, 2.05) is 0 Å². The maximum atomic E-state index is 5.61. The third kappa shape index (κ3) is 3.75. The van der Waals surface area contributed by atoms with Gasteiger partial charge in [0.15, 0.2) is 0 Å². The molecule has 0 N–H and O–H groups in total. The lowest BCUT2D eigenvalue weighted by Crippen LogP contribution is -2.15. The average molecular weight is 688 g/mol. The summed E-state index contributed by atoms with van der Waals surface area (Å²) in [6.45, 7) is 4.79. The molecule has 0 unspecified atom stereocenters. The van der Waals surface area contributed by atoms with Gasteiger partial charge in [-0.2, -0.15) is 0 Å². The van der Waals surface area contributed by atoms with Crippen molar-refractivity contribution >= 4 is 75.8 Å². The van der Waals surface area contributed by atoms with Gasteiger partial charge in [-0.15, -0.1) is 0 Å². The summed E-state index contributed by atoms with van der Waals surface area (Å²) in [5.41, 5.74) is 10.4. The van der Waals surface area contributed by atoms with Gasteiger partial charge >= 0.3 is 0 Å². The number of rotatable bonds is 2. The highest BCUT2D eigenvalue weighted by atomic mass is 15.2. The summed E-state index contributed by atoms with van der Waals surface area (Å²) in [6, 6.07) is 59.4. The Hall–Kier alpha value is -6.84. The van der Waals surface area contributed by atoms with Crippen molar-refractivity contribution in [1.29, 1.82) is 0 Å². The van der Waals surface area contributed by atoms with Crippen LogP contribution < -0.4 is 0 Å². The lowest BCUT2D eigenvalue weighted by molar-refractivity contribution is 0.666. The number of para-hydroxylation sites is 1. The molecule has 0 atom stereocenters. The lowest BCUT2D eigenvalue weighted by Gasteiger charge is -2.25. The van der Waals surface area contributed by atoms with Crippen molar-refractivity contribution in [3.8, 4) is 28.3 Å². The second-order valence-electron chi connectivity index (χ2n) is 15.3. The van der Waals surface area contributed by atoms with Crippen LogP contribution in [-0.2, 0) is 5.41 Å². The Kier molecular flexibility index (Phi) is 5.84. The van der Waals surface area contributed by atoms with Gasteiger partial charge in [0.2, 0.25) is 5.95 Å². The zero-order chi connectivity index (χ0) is 35.7. The molecule has 0 saturated heterocycles. The van der Waals surface area contributed by atoms with E-state index in [1.54, 1.807) is 0 Å². The molecule has 1 aliphatic rings. The summed E-state index contributed by atoms with van der Waals surface area (Å²) >= 11 is 0. The van der Waals surface area contributed by atoms with E-state index in [0.29, 0.717) is 5.95 Å². The van der Waals surface area contributed by atoms with Gasteiger partial charge in [0.25, 0.3) is 0 Å². The van der Waals surface area contributed by atoms with Gasteiger partial charge < -0.3 is 0 Å². The Morgan fingerprint density at radius 2 is 1.07 bits per heavy atom. The first-order valence-corrected chi connectivity index (χ1v) is 18.8. The molecule has 2 aromatic heterocycles. The van der Waals surface area contributed by atoms with Crippen LogP contribution in [0.3, 0.4) is 0 Å². The number of hydrogen-bond acceptors (Lipinski definition) is 2. The number of nitrogens with zero attached hydrogens (tertiary/aromatic N) is 3. The molecule has 11 aromatic rings. The maximum absolute atomic E-state index is 5.61. The van der Waals surface area contributed by atoms with Gasteiger partial charge in [-0.25, -0.2) is 9.97 Å². The van der Waals surface area contributed by atoms with Crippen molar-refractivity contribution in [1.82, 2.24) is 14.5 Å². The normalized spacial score (nSPS) is 13.5. The Morgan fingerprint density at radius 3 is 1.87 bits per heavy atom. The molecule has 3 heteroatoms. The lowest BCUT2D eigenvalue weighted by atomic mass is 9.78. The topological polar surface area (TPSA) is 30.7 Å². The Bertz CT molecular complexity index is 3410. The van der Waals surface area contributed by atoms with Gasteiger partial charge in [0.05, 0.1) is 22.2 Å². The summed E-state index contributed by atoms with van der Waals surface area (Å²) in [5.74, 6) is 0.671. The molecule has 12 rings (SSSR count). The quantitative estimate of drug-likeness (QED) is 0.169. The molecule has 0 aliphatic heterocycles. The summed E-state index contributed by atoms with van der Waals surface area (Å²) in [7, 11) is 0. The summed E-state index contributed by atoms with van der Waals surface area (Å²) < 4.78 is 2.37. The zero-order valence-corrected chi connectivity index (χ0v) is 29.9. The van der Waals surface area contributed by atoms with E-state index >= 15 is 0 Å².